The van der Waals surface area contributed by atoms with Crippen LogP contribution in [0.1, 0.15) is 65.5 Å². The number of amides is 1. The molecule has 4 nitrogen and oxygen atoms in total. The van der Waals surface area contributed by atoms with E-state index in [1.807, 2.05) is 32.9 Å². The summed E-state index contributed by atoms with van der Waals surface area (Å²) in [5, 5.41) is 2.94. The zero-order valence-corrected chi connectivity index (χ0v) is 17.6. The summed E-state index contributed by atoms with van der Waals surface area (Å²) in [5.41, 5.74) is 2.36. The number of hydrogen-bond acceptors (Lipinski definition) is 3. The fourth-order valence-electron chi connectivity index (χ4n) is 3.89. The van der Waals surface area contributed by atoms with E-state index in [0.717, 1.165) is 43.4 Å². The van der Waals surface area contributed by atoms with Crippen molar-refractivity contribution in [2.75, 3.05) is 13.1 Å². The van der Waals surface area contributed by atoms with E-state index in [1.54, 1.807) is 6.07 Å². The number of nitrogens with zero attached hydrogens (tertiary/aromatic N) is 2. The maximum Gasteiger partial charge on any atom is 0.416 e. The molecule has 0 bridgehead atoms. The summed E-state index contributed by atoms with van der Waals surface area (Å²) in [6.07, 6.45) is -2.69. The molecule has 1 amide bonds. The number of hydrogen-bond donors (Lipinski definition) is 1. The predicted octanol–water partition coefficient (Wildman–Crippen LogP) is 4.93. The van der Waals surface area contributed by atoms with Gasteiger partial charge in [-0.2, -0.15) is 13.2 Å². The first-order valence-corrected chi connectivity index (χ1v) is 10.3. The van der Waals surface area contributed by atoms with Gasteiger partial charge in [-0.15, -0.1) is 0 Å². The van der Waals surface area contributed by atoms with Gasteiger partial charge in [0.15, 0.2) is 0 Å². The lowest BCUT2D eigenvalue weighted by atomic mass is 9.89. The highest BCUT2D eigenvalue weighted by Gasteiger charge is 2.31. The highest BCUT2D eigenvalue weighted by atomic mass is 19.4. The van der Waals surface area contributed by atoms with Crippen LogP contribution >= 0.6 is 0 Å². The molecule has 162 valence electrons. The van der Waals surface area contributed by atoms with Crippen LogP contribution in [0.3, 0.4) is 0 Å². The predicted molar refractivity (Wildman–Crippen MR) is 110 cm³/mol. The number of aryl methyl sites for hydroxylation is 1. The maximum atomic E-state index is 12.9. The van der Waals surface area contributed by atoms with Crippen LogP contribution < -0.4 is 5.32 Å². The Kier molecular flexibility index (Phi) is 6.81. The second-order valence-corrected chi connectivity index (χ2v) is 8.26. The molecule has 0 unspecified atom stereocenters. The Bertz CT molecular complexity index is 888. The van der Waals surface area contributed by atoms with E-state index in [1.165, 1.54) is 12.1 Å². The second-order valence-electron chi connectivity index (χ2n) is 8.26. The molecule has 1 aromatic heterocycles. The first-order chi connectivity index (χ1) is 14.1. The highest BCUT2D eigenvalue weighted by Crippen LogP contribution is 2.32. The molecule has 0 aliphatic carbocycles. The fourth-order valence-corrected chi connectivity index (χ4v) is 3.89. The fraction of sp³-hybridized carbons (Fsp3) is 0.478. The molecule has 0 radical (unpaired) electrons. The standard InChI is InChI=1S/C23H28F3N3O/c1-15(2)27-22(30)20-8-7-16(3)28-21(20)18-9-11-29(12-10-18)14-17-5-4-6-19(13-17)23(24,25)26/h4-8,13,15,18H,9-12,14H2,1-3H3,(H,27,30). The summed E-state index contributed by atoms with van der Waals surface area (Å²) >= 11 is 0. The third kappa shape index (κ3) is 5.59. The molecule has 7 heteroatoms. The van der Waals surface area contributed by atoms with Crippen LogP contribution in [0.2, 0.25) is 0 Å². The van der Waals surface area contributed by atoms with Crippen LogP contribution in [-0.4, -0.2) is 34.9 Å². The zero-order chi connectivity index (χ0) is 21.9. The van der Waals surface area contributed by atoms with Crippen molar-refractivity contribution < 1.29 is 18.0 Å². The van der Waals surface area contributed by atoms with Crippen molar-refractivity contribution >= 4 is 5.91 Å². The van der Waals surface area contributed by atoms with Crippen LogP contribution in [0.5, 0.6) is 0 Å². The Labute approximate surface area is 175 Å². The van der Waals surface area contributed by atoms with Crippen LogP contribution in [-0.2, 0) is 12.7 Å². The number of halogens is 3. The summed E-state index contributed by atoms with van der Waals surface area (Å²) < 4.78 is 38.8. The van der Waals surface area contributed by atoms with E-state index < -0.39 is 11.7 Å². The number of alkyl halides is 3. The van der Waals surface area contributed by atoms with Gasteiger partial charge in [0.1, 0.15) is 0 Å². The van der Waals surface area contributed by atoms with Gasteiger partial charge in [-0.3, -0.25) is 14.7 Å². The van der Waals surface area contributed by atoms with Crippen molar-refractivity contribution in [3.05, 3.63) is 64.5 Å². The summed E-state index contributed by atoms with van der Waals surface area (Å²) in [5.74, 6) is 0.0504. The number of piperidine rings is 1. The third-order valence-corrected chi connectivity index (χ3v) is 5.36. The van der Waals surface area contributed by atoms with E-state index in [0.29, 0.717) is 17.7 Å². The van der Waals surface area contributed by atoms with Crippen molar-refractivity contribution in [3.8, 4) is 0 Å². The molecule has 1 N–H and O–H groups in total. The zero-order valence-electron chi connectivity index (χ0n) is 17.6. The van der Waals surface area contributed by atoms with Gasteiger partial charge >= 0.3 is 6.18 Å². The number of pyridine rings is 1. The number of carbonyl (C=O) groups is 1. The molecule has 2 heterocycles. The number of benzene rings is 1. The van der Waals surface area contributed by atoms with Gasteiger partial charge in [0.25, 0.3) is 5.91 Å². The van der Waals surface area contributed by atoms with Gasteiger partial charge in [-0.25, -0.2) is 0 Å². The van der Waals surface area contributed by atoms with Gasteiger partial charge < -0.3 is 5.32 Å². The minimum atomic E-state index is -4.33. The third-order valence-electron chi connectivity index (χ3n) is 5.36. The van der Waals surface area contributed by atoms with Crippen LogP contribution in [0.25, 0.3) is 0 Å². The average molecular weight is 419 g/mol. The number of rotatable bonds is 5. The molecule has 1 aliphatic rings. The normalized spacial score (nSPS) is 16.1. The largest absolute Gasteiger partial charge is 0.416 e. The Morgan fingerprint density at radius 1 is 1.20 bits per heavy atom. The Balaban J connectivity index is 1.68. The SMILES string of the molecule is Cc1ccc(C(=O)NC(C)C)c(C2CCN(Cc3cccc(C(F)(F)F)c3)CC2)n1. The molecule has 1 aromatic carbocycles. The topological polar surface area (TPSA) is 45.2 Å². The molecular weight excluding hydrogens is 391 g/mol. The minimum Gasteiger partial charge on any atom is -0.350 e. The molecule has 1 saturated heterocycles. The molecule has 0 spiro atoms. The molecule has 0 saturated carbocycles. The molecule has 30 heavy (non-hydrogen) atoms. The van der Waals surface area contributed by atoms with E-state index in [9.17, 15) is 18.0 Å². The smallest absolute Gasteiger partial charge is 0.350 e. The molecule has 1 fully saturated rings. The van der Waals surface area contributed by atoms with Crippen molar-refractivity contribution in [2.45, 2.75) is 58.3 Å². The van der Waals surface area contributed by atoms with Crippen LogP contribution in [0, 0.1) is 6.92 Å². The quantitative estimate of drug-likeness (QED) is 0.748. The molecule has 0 atom stereocenters. The Morgan fingerprint density at radius 2 is 1.90 bits per heavy atom. The van der Waals surface area contributed by atoms with E-state index in [-0.39, 0.29) is 17.9 Å². The van der Waals surface area contributed by atoms with Crippen molar-refractivity contribution in [1.82, 2.24) is 15.2 Å². The van der Waals surface area contributed by atoms with Crippen molar-refractivity contribution in [1.29, 1.82) is 0 Å². The lowest BCUT2D eigenvalue weighted by Gasteiger charge is -2.32. The summed E-state index contributed by atoms with van der Waals surface area (Å²) in [4.78, 5) is 19.4. The Hall–Kier alpha value is -2.41. The lowest BCUT2D eigenvalue weighted by molar-refractivity contribution is -0.137. The van der Waals surface area contributed by atoms with E-state index >= 15 is 0 Å². The minimum absolute atomic E-state index is 0.0426. The second kappa shape index (κ2) is 9.16. The maximum absolute atomic E-state index is 12.9. The van der Waals surface area contributed by atoms with E-state index in [4.69, 9.17) is 0 Å². The van der Waals surface area contributed by atoms with Gasteiger partial charge in [0.05, 0.1) is 16.8 Å². The van der Waals surface area contributed by atoms with E-state index in [2.05, 4.69) is 15.2 Å². The Morgan fingerprint density at radius 3 is 2.53 bits per heavy atom. The van der Waals surface area contributed by atoms with Gasteiger partial charge in [-0.05, 0) is 70.5 Å². The first-order valence-electron chi connectivity index (χ1n) is 10.3. The average Bonchev–Trinajstić information content (AvgIpc) is 2.67. The van der Waals surface area contributed by atoms with Crippen LogP contribution in [0.15, 0.2) is 36.4 Å². The monoisotopic (exact) mass is 419 g/mol. The summed E-state index contributed by atoms with van der Waals surface area (Å²) in [6.45, 7) is 7.75. The van der Waals surface area contributed by atoms with Crippen LogP contribution in [0.4, 0.5) is 13.2 Å². The first kappa shape index (κ1) is 22.3. The van der Waals surface area contributed by atoms with Crippen molar-refractivity contribution in [3.63, 3.8) is 0 Å². The molecule has 2 aromatic rings. The summed E-state index contributed by atoms with van der Waals surface area (Å²) in [7, 11) is 0. The number of aromatic nitrogens is 1. The molecule has 1 aliphatic heterocycles. The number of likely N-dealkylation sites (tertiary alicyclic amines) is 1. The van der Waals surface area contributed by atoms with Crippen molar-refractivity contribution in [2.24, 2.45) is 0 Å². The van der Waals surface area contributed by atoms with Gasteiger partial charge in [-0.1, -0.05) is 18.2 Å². The number of nitrogens with one attached hydrogen (secondary N) is 1. The van der Waals surface area contributed by atoms with Gasteiger partial charge in [0.2, 0.25) is 0 Å². The molecular formula is C23H28F3N3O. The number of carbonyl (C=O) groups excluding carboxylic acids is 1. The summed E-state index contributed by atoms with van der Waals surface area (Å²) in [6, 6.07) is 9.25. The highest BCUT2D eigenvalue weighted by molar-refractivity contribution is 5.95. The lowest BCUT2D eigenvalue weighted by Crippen LogP contribution is -2.35. The molecule has 3 rings (SSSR count). The van der Waals surface area contributed by atoms with Gasteiger partial charge in [0, 0.05) is 24.2 Å².